The fourth-order valence-corrected chi connectivity index (χ4v) is 2.55. The maximum absolute atomic E-state index is 12.4. The van der Waals surface area contributed by atoms with E-state index in [-0.39, 0.29) is 18.0 Å². The van der Waals surface area contributed by atoms with Crippen molar-refractivity contribution in [3.8, 4) is 29.0 Å². The summed E-state index contributed by atoms with van der Waals surface area (Å²) in [5.74, 6) is 1.65. The van der Waals surface area contributed by atoms with Gasteiger partial charge in [0.05, 0.1) is 25.5 Å². The molecule has 0 atom stereocenters. The molecule has 138 valence electrons. The lowest BCUT2D eigenvalue weighted by molar-refractivity contribution is 0.362. The van der Waals surface area contributed by atoms with Gasteiger partial charge in [-0.3, -0.25) is 4.79 Å². The Hall–Kier alpha value is -3.67. The lowest BCUT2D eigenvalue weighted by Crippen LogP contribution is -2.28. The number of hydrogen-bond donors (Lipinski definition) is 0. The molecule has 2 heterocycles. The summed E-state index contributed by atoms with van der Waals surface area (Å²) in [6.07, 6.45) is 0. The Balaban J connectivity index is 1.96. The van der Waals surface area contributed by atoms with Crippen LogP contribution in [0.25, 0.3) is 11.4 Å². The van der Waals surface area contributed by atoms with E-state index >= 15 is 0 Å². The largest absolute Gasteiger partial charge is 0.497 e. The van der Waals surface area contributed by atoms with Crippen molar-refractivity contribution in [3.05, 3.63) is 51.3 Å². The van der Waals surface area contributed by atoms with Crippen LogP contribution >= 0.6 is 0 Å². The highest BCUT2D eigenvalue weighted by Crippen LogP contribution is 2.31. The van der Waals surface area contributed by atoms with Crippen LogP contribution in [-0.4, -0.2) is 34.1 Å². The Morgan fingerprint density at radius 3 is 2.70 bits per heavy atom. The summed E-state index contributed by atoms with van der Waals surface area (Å²) in [4.78, 5) is 16.7. The third kappa shape index (κ3) is 3.37. The average Bonchev–Trinajstić information content (AvgIpc) is 3.14. The number of aromatic nitrogens is 4. The fourth-order valence-electron chi connectivity index (χ4n) is 2.55. The molecule has 0 aliphatic heterocycles. The van der Waals surface area contributed by atoms with Crippen molar-refractivity contribution < 1.29 is 14.0 Å². The Bertz CT molecular complexity index is 1090. The SMILES string of the molecule is COc1ccc(-c2noc(Cn3nc(C)c(C)c(C#N)c3=O)n2)c(OC)c1. The third-order valence-corrected chi connectivity index (χ3v) is 4.15. The maximum atomic E-state index is 12.4. The standard InChI is InChI=1S/C18H17N5O4/c1-10-11(2)21-23(18(24)14(10)8-19)9-16-20-17(22-27-16)13-6-5-12(25-3)7-15(13)26-4/h5-7H,9H2,1-4H3. The van der Waals surface area contributed by atoms with Gasteiger partial charge in [0.2, 0.25) is 11.7 Å². The number of nitriles is 1. The van der Waals surface area contributed by atoms with Crippen molar-refractivity contribution in [3.63, 3.8) is 0 Å². The van der Waals surface area contributed by atoms with E-state index in [4.69, 9.17) is 14.0 Å². The fraction of sp³-hybridized carbons (Fsp3) is 0.278. The summed E-state index contributed by atoms with van der Waals surface area (Å²) < 4.78 is 16.9. The average molecular weight is 367 g/mol. The topological polar surface area (TPSA) is 116 Å². The molecule has 0 bridgehead atoms. The number of benzene rings is 1. The number of ether oxygens (including phenoxy) is 2. The number of hydrogen-bond acceptors (Lipinski definition) is 8. The molecule has 0 spiro atoms. The van der Waals surface area contributed by atoms with Crippen LogP contribution in [0.4, 0.5) is 0 Å². The van der Waals surface area contributed by atoms with Gasteiger partial charge in [-0.25, -0.2) is 4.68 Å². The van der Waals surface area contributed by atoms with Crippen molar-refractivity contribution in [1.82, 2.24) is 19.9 Å². The second-order valence-corrected chi connectivity index (χ2v) is 5.74. The maximum Gasteiger partial charge on any atom is 0.285 e. The molecule has 9 nitrogen and oxygen atoms in total. The molecule has 3 aromatic rings. The van der Waals surface area contributed by atoms with E-state index in [0.717, 1.165) is 4.68 Å². The Morgan fingerprint density at radius 1 is 1.26 bits per heavy atom. The third-order valence-electron chi connectivity index (χ3n) is 4.15. The zero-order valence-corrected chi connectivity index (χ0v) is 15.3. The highest BCUT2D eigenvalue weighted by molar-refractivity contribution is 5.65. The Kier molecular flexibility index (Phi) is 4.90. The van der Waals surface area contributed by atoms with E-state index in [1.54, 1.807) is 39.2 Å². The van der Waals surface area contributed by atoms with E-state index in [1.807, 2.05) is 6.07 Å². The minimum absolute atomic E-state index is 0.0416. The van der Waals surface area contributed by atoms with E-state index in [0.29, 0.717) is 34.1 Å². The molecule has 0 fully saturated rings. The van der Waals surface area contributed by atoms with Crippen LogP contribution in [0.1, 0.15) is 22.7 Å². The monoisotopic (exact) mass is 367 g/mol. The van der Waals surface area contributed by atoms with Crippen molar-refractivity contribution >= 4 is 0 Å². The molecule has 0 radical (unpaired) electrons. The molecule has 0 aliphatic rings. The van der Waals surface area contributed by atoms with Gasteiger partial charge < -0.3 is 14.0 Å². The lowest BCUT2D eigenvalue weighted by atomic mass is 10.1. The van der Waals surface area contributed by atoms with Gasteiger partial charge in [-0.2, -0.15) is 15.3 Å². The van der Waals surface area contributed by atoms with Crippen LogP contribution in [0, 0.1) is 25.2 Å². The summed E-state index contributed by atoms with van der Waals surface area (Å²) in [5.41, 5.74) is 1.32. The summed E-state index contributed by atoms with van der Waals surface area (Å²) >= 11 is 0. The second-order valence-electron chi connectivity index (χ2n) is 5.74. The molecule has 0 amide bonds. The molecule has 1 aromatic carbocycles. The first-order chi connectivity index (χ1) is 13.0. The van der Waals surface area contributed by atoms with Gasteiger partial charge in [0, 0.05) is 6.07 Å². The molecule has 0 N–H and O–H groups in total. The molecule has 0 saturated heterocycles. The molecular formula is C18H17N5O4. The molecule has 9 heteroatoms. The predicted molar refractivity (Wildman–Crippen MR) is 94.6 cm³/mol. The summed E-state index contributed by atoms with van der Waals surface area (Å²) in [7, 11) is 3.09. The number of aryl methyl sites for hydroxylation is 1. The first kappa shape index (κ1) is 18.1. The van der Waals surface area contributed by atoms with E-state index < -0.39 is 5.56 Å². The normalized spacial score (nSPS) is 10.5. The Labute approximate surface area is 154 Å². The summed E-state index contributed by atoms with van der Waals surface area (Å²) in [6.45, 7) is 3.38. The first-order valence-electron chi connectivity index (χ1n) is 8.02. The van der Waals surface area contributed by atoms with Gasteiger partial charge in [0.15, 0.2) is 0 Å². The first-order valence-corrected chi connectivity index (χ1v) is 8.02. The van der Waals surface area contributed by atoms with Crippen LogP contribution in [0.2, 0.25) is 0 Å². The van der Waals surface area contributed by atoms with E-state index in [9.17, 15) is 10.1 Å². The summed E-state index contributed by atoms with van der Waals surface area (Å²) in [5, 5.41) is 17.3. The summed E-state index contributed by atoms with van der Waals surface area (Å²) in [6, 6.07) is 7.13. The zero-order valence-electron chi connectivity index (χ0n) is 15.3. The Morgan fingerprint density at radius 2 is 2.04 bits per heavy atom. The predicted octanol–water partition coefficient (Wildman–Crippen LogP) is 1.85. The number of methoxy groups -OCH3 is 2. The molecular weight excluding hydrogens is 350 g/mol. The quantitative estimate of drug-likeness (QED) is 0.671. The minimum Gasteiger partial charge on any atom is -0.497 e. The molecule has 3 rings (SSSR count). The van der Waals surface area contributed by atoms with Gasteiger partial charge in [-0.1, -0.05) is 5.16 Å². The molecule has 0 saturated carbocycles. The lowest BCUT2D eigenvalue weighted by Gasteiger charge is -2.07. The van der Waals surface area contributed by atoms with Crippen LogP contribution in [-0.2, 0) is 6.54 Å². The number of rotatable bonds is 5. The van der Waals surface area contributed by atoms with Gasteiger partial charge in [0.25, 0.3) is 5.56 Å². The van der Waals surface area contributed by atoms with Gasteiger partial charge in [-0.15, -0.1) is 0 Å². The molecule has 2 aromatic heterocycles. The van der Waals surface area contributed by atoms with Crippen molar-refractivity contribution in [2.75, 3.05) is 14.2 Å². The van der Waals surface area contributed by atoms with Crippen LogP contribution < -0.4 is 15.0 Å². The highest BCUT2D eigenvalue weighted by Gasteiger charge is 2.17. The van der Waals surface area contributed by atoms with Gasteiger partial charge in [0.1, 0.15) is 29.7 Å². The zero-order chi connectivity index (χ0) is 19.6. The van der Waals surface area contributed by atoms with Crippen molar-refractivity contribution in [1.29, 1.82) is 5.26 Å². The molecule has 27 heavy (non-hydrogen) atoms. The van der Waals surface area contributed by atoms with Crippen LogP contribution in [0.5, 0.6) is 11.5 Å². The molecule has 0 unspecified atom stereocenters. The number of nitrogens with zero attached hydrogens (tertiary/aromatic N) is 5. The molecule has 0 aliphatic carbocycles. The highest BCUT2D eigenvalue weighted by atomic mass is 16.5. The van der Waals surface area contributed by atoms with Crippen LogP contribution in [0.3, 0.4) is 0 Å². The smallest absolute Gasteiger partial charge is 0.285 e. The van der Waals surface area contributed by atoms with E-state index in [2.05, 4.69) is 15.2 Å². The van der Waals surface area contributed by atoms with Crippen LogP contribution in [0.15, 0.2) is 27.5 Å². The minimum atomic E-state index is -0.498. The van der Waals surface area contributed by atoms with Gasteiger partial charge >= 0.3 is 0 Å². The van der Waals surface area contributed by atoms with Crippen molar-refractivity contribution in [2.45, 2.75) is 20.4 Å². The second kappa shape index (κ2) is 7.29. The van der Waals surface area contributed by atoms with Gasteiger partial charge in [-0.05, 0) is 31.5 Å². The van der Waals surface area contributed by atoms with E-state index in [1.165, 1.54) is 7.11 Å². The van der Waals surface area contributed by atoms with Crippen molar-refractivity contribution in [2.24, 2.45) is 0 Å².